The van der Waals surface area contributed by atoms with E-state index in [4.69, 9.17) is 5.73 Å². The molecule has 86 valence electrons. The van der Waals surface area contributed by atoms with Gasteiger partial charge in [-0.15, -0.1) is 30.3 Å². The fraction of sp³-hybridized carbons (Fsp3) is 0.231. The predicted molar refractivity (Wildman–Crippen MR) is 75.4 cm³/mol. The van der Waals surface area contributed by atoms with Crippen molar-refractivity contribution < 1.29 is 0 Å². The van der Waals surface area contributed by atoms with Crippen LogP contribution in [0, 0.1) is 0 Å². The van der Waals surface area contributed by atoms with E-state index in [1.807, 2.05) is 6.08 Å². The Balaban J connectivity index is 0.00000128. The zero-order valence-corrected chi connectivity index (χ0v) is 10.7. The van der Waals surface area contributed by atoms with Crippen LogP contribution in [0.2, 0.25) is 0 Å². The molecule has 1 aromatic carbocycles. The lowest BCUT2D eigenvalue weighted by Gasteiger charge is -2.08. The first-order valence-electron chi connectivity index (χ1n) is 5.15. The second-order valence-electron chi connectivity index (χ2n) is 3.66. The van der Waals surface area contributed by atoms with Gasteiger partial charge in [-0.05, 0) is 35.2 Å². The lowest BCUT2D eigenvalue weighted by atomic mass is 10.0. The molecule has 1 atom stereocenters. The lowest BCUT2D eigenvalue weighted by Crippen LogP contribution is -2.08. The van der Waals surface area contributed by atoms with Crippen LogP contribution >= 0.6 is 23.7 Å². The van der Waals surface area contributed by atoms with Crippen LogP contribution in [0.3, 0.4) is 0 Å². The largest absolute Gasteiger partial charge is 0.324 e. The minimum Gasteiger partial charge on any atom is -0.324 e. The summed E-state index contributed by atoms with van der Waals surface area (Å²) >= 11 is 1.77. The third-order valence-electron chi connectivity index (χ3n) is 2.59. The Hall–Kier alpha value is -0.830. The molecule has 0 unspecified atom stereocenters. The van der Waals surface area contributed by atoms with Crippen LogP contribution in [0.1, 0.15) is 24.4 Å². The molecule has 0 saturated heterocycles. The number of thiophene rings is 1. The van der Waals surface area contributed by atoms with Crippen molar-refractivity contribution in [1.82, 2.24) is 0 Å². The van der Waals surface area contributed by atoms with Crippen molar-refractivity contribution in [3.8, 4) is 0 Å². The molecule has 1 aromatic heterocycles. The molecular weight excluding hydrogens is 238 g/mol. The van der Waals surface area contributed by atoms with Gasteiger partial charge in [0.1, 0.15) is 0 Å². The molecule has 0 amide bonds. The summed E-state index contributed by atoms with van der Waals surface area (Å²) in [4.78, 5) is 0. The summed E-state index contributed by atoms with van der Waals surface area (Å²) in [7, 11) is 0. The van der Waals surface area contributed by atoms with E-state index in [-0.39, 0.29) is 18.4 Å². The van der Waals surface area contributed by atoms with Crippen molar-refractivity contribution >= 4 is 33.8 Å². The first-order valence-corrected chi connectivity index (χ1v) is 6.03. The van der Waals surface area contributed by atoms with Crippen LogP contribution < -0.4 is 5.73 Å². The van der Waals surface area contributed by atoms with Crippen LogP contribution in [-0.2, 0) is 0 Å². The van der Waals surface area contributed by atoms with Gasteiger partial charge in [0, 0.05) is 10.7 Å². The Bertz CT molecular complexity index is 464. The highest BCUT2D eigenvalue weighted by Gasteiger charge is 2.10. The summed E-state index contributed by atoms with van der Waals surface area (Å²) in [5.74, 6) is 0. The zero-order chi connectivity index (χ0) is 10.7. The van der Waals surface area contributed by atoms with Crippen LogP contribution in [0.25, 0.3) is 10.1 Å². The van der Waals surface area contributed by atoms with Crippen LogP contribution in [0.4, 0.5) is 0 Å². The third-order valence-corrected chi connectivity index (χ3v) is 3.57. The van der Waals surface area contributed by atoms with Crippen LogP contribution in [0.5, 0.6) is 0 Å². The van der Waals surface area contributed by atoms with E-state index in [0.29, 0.717) is 0 Å². The highest BCUT2D eigenvalue weighted by molar-refractivity contribution is 7.17. The van der Waals surface area contributed by atoms with E-state index in [1.165, 1.54) is 15.6 Å². The van der Waals surface area contributed by atoms with Gasteiger partial charge in [0.15, 0.2) is 0 Å². The molecule has 0 aliphatic carbocycles. The van der Waals surface area contributed by atoms with Crippen molar-refractivity contribution in [2.75, 3.05) is 0 Å². The van der Waals surface area contributed by atoms with Crippen molar-refractivity contribution in [2.45, 2.75) is 18.9 Å². The zero-order valence-electron chi connectivity index (χ0n) is 9.06. The van der Waals surface area contributed by atoms with Crippen molar-refractivity contribution in [3.63, 3.8) is 0 Å². The molecule has 2 aromatic rings. The Morgan fingerprint density at radius 3 is 2.88 bits per heavy atom. The molecule has 0 spiro atoms. The molecule has 0 aliphatic rings. The number of fused-ring (bicyclic) bond motifs is 1. The van der Waals surface area contributed by atoms with Gasteiger partial charge in [0.05, 0.1) is 0 Å². The number of hydrogen-bond donors (Lipinski definition) is 1. The molecule has 2 rings (SSSR count). The number of hydrogen-bond acceptors (Lipinski definition) is 2. The molecule has 0 aliphatic heterocycles. The highest BCUT2D eigenvalue weighted by atomic mass is 35.5. The number of rotatable bonds is 4. The van der Waals surface area contributed by atoms with Crippen molar-refractivity contribution in [1.29, 1.82) is 0 Å². The smallest absolute Gasteiger partial charge is 0.0346 e. The third kappa shape index (κ3) is 2.64. The normalized spacial score (nSPS) is 12.1. The van der Waals surface area contributed by atoms with Gasteiger partial charge in [0.25, 0.3) is 0 Å². The first kappa shape index (κ1) is 13.2. The molecule has 1 heterocycles. The standard InChI is InChI=1S/C13H15NS.ClH/c1-2-3-7-12(14)11-9-15-13-8-5-4-6-10(11)13;/h2,4-6,8-9,12H,1,3,7,14H2;1H/t12-;/m1./s1. The molecule has 0 saturated carbocycles. The quantitative estimate of drug-likeness (QED) is 0.809. The van der Waals surface area contributed by atoms with E-state index in [2.05, 4.69) is 36.2 Å². The number of halogens is 1. The SMILES string of the molecule is C=CCC[C@@H](N)c1csc2ccccc12.Cl. The highest BCUT2D eigenvalue weighted by Crippen LogP contribution is 2.30. The summed E-state index contributed by atoms with van der Waals surface area (Å²) in [6.45, 7) is 3.72. The molecule has 0 bridgehead atoms. The molecule has 0 radical (unpaired) electrons. The van der Waals surface area contributed by atoms with Crippen molar-refractivity contribution in [3.05, 3.63) is 47.9 Å². The van der Waals surface area contributed by atoms with Gasteiger partial charge in [-0.25, -0.2) is 0 Å². The summed E-state index contributed by atoms with van der Waals surface area (Å²) in [6, 6.07) is 8.56. The van der Waals surface area contributed by atoms with E-state index in [1.54, 1.807) is 11.3 Å². The second-order valence-corrected chi connectivity index (χ2v) is 4.57. The molecule has 1 nitrogen and oxygen atoms in total. The maximum Gasteiger partial charge on any atom is 0.0346 e. The average molecular weight is 254 g/mol. The maximum atomic E-state index is 6.15. The minimum absolute atomic E-state index is 0. The van der Waals surface area contributed by atoms with Gasteiger partial charge in [-0.3, -0.25) is 0 Å². The van der Waals surface area contributed by atoms with Gasteiger partial charge in [-0.2, -0.15) is 0 Å². The summed E-state index contributed by atoms with van der Waals surface area (Å²) in [5.41, 5.74) is 7.43. The van der Waals surface area contributed by atoms with Crippen molar-refractivity contribution in [2.24, 2.45) is 5.73 Å². The Kier molecular flexibility index (Phi) is 5.00. The fourth-order valence-corrected chi connectivity index (χ4v) is 2.76. The molecule has 3 heteroatoms. The Morgan fingerprint density at radius 2 is 2.12 bits per heavy atom. The Labute approximate surface area is 106 Å². The summed E-state index contributed by atoms with van der Waals surface area (Å²) < 4.78 is 1.32. The van der Waals surface area contributed by atoms with E-state index in [9.17, 15) is 0 Å². The summed E-state index contributed by atoms with van der Waals surface area (Å²) in [5, 5.41) is 3.48. The van der Waals surface area contributed by atoms with E-state index in [0.717, 1.165) is 12.8 Å². The molecular formula is C13H16ClNS. The predicted octanol–water partition coefficient (Wildman–Crippen LogP) is 4.29. The monoisotopic (exact) mass is 253 g/mol. The Morgan fingerprint density at radius 1 is 1.38 bits per heavy atom. The maximum absolute atomic E-state index is 6.15. The topological polar surface area (TPSA) is 26.0 Å². The van der Waals surface area contributed by atoms with Gasteiger partial charge < -0.3 is 5.73 Å². The van der Waals surface area contributed by atoms with E-state index < -0.39 is 0 Å². The minimum atomic E-state index is 0. The summed E-state index contributed by atoms with van der Waals surface area (Å²) in [6.07, 6.45) is 3.88. The first-order chi connectivity index (χ1) is 7.33. The fourth-order valence-electron chi connectivity index (χ4n) is 1.74. The number of benzene rings is 1. The molecule has 16 heavy (non-hydrogen) atoms. The second kappa shape index (κ2) is 6.04. The van der Waals surface area contributed by atoms with Crippen LogP contribution in [0.15, 0.2) is 42.3 Å². The van der Waals surface area contributed by atoms with Gasteiger partial charge in [-0.1, -0.05) is 24.3 Å². The van der Waals surface area contributed by atoms with Crippen LogP contribution in [-0.4, -0.2) is 0 Å². The molecule has 2 N–H and O–H groups in total. The van der Waals surface area contributed by atoms with E-state index >= 15 is 0 Å². The van der Waals surface area contributed by atoms with Gasteiger partial charge >= 0.3 is 0 Å². The lowest BCUT2D eigenvalue weighted by molar-refractivity contribution is 0.668. The average Bonchev–Trinajstić information content (AvgIpc) is 2.69. The van der Waals surface area contributed by atoms with Gasteiger partial charge in [0.2, 0.25) is 0 Å². The number of allylic oxidation sites excluding steroid dienone is 1. The number of nitrogens with two attached hydrogens (primary N) is 1. The molecule has 0 fully saturated rings.